The van der Waals surface area contributed by atoms with E-state index in [0.29, 0.717) is 35.4 Å². The molecule has 106 valence electrons. The van der Waals surface area contributed by atoms with E-state index in [1.54, 1.807) is 6.07 Å². The number of hydrogen-bond acceptors (Lipinski definition) is 5. The van der Waals surface area contributed by atoms with Crippen LogP contribution in [0.15, 0.2) is 13.6 Å². The second-order valence-corrected chi connectivity index (χ2v) is 10.3. The molecule has 0 unspecified atom stereocenters. The summed E-state index contributed by atoms with van der Waals surface area (Å²) < 4.78 is 31.0. The van der Waals surface area contributed by atoms with Crippen LogP contribution in [0.2, 0.25) is 0 Å². The Labute approximate surface area is 132 Å². The predicted octanol–water partition coefficient (Wildman–Crippen LogP) is 3.05. The summed E-state index contributed by atoms with van der Waals surface area (Å²) in [6.07, 6.45) is 0.953. The number of ketones is 1. The highest BCUT2D eigenvalue weighted by Crippen LogP contribution is 2.32. The Bertz CT molecular complexity index is 574. The summed E-state index contributed by atoms with van der Waals surface area (Å²) in [4.78, 5) is 12.1. The van der Waals surface area contributed by atoms with Gasteiger partial charge in [-0.2, -0.15) is 0 Å². The standard InChI is InChI=1S/C11H12Br2O4S2/c12-10-5-8(11(13)18-10)9(14)6-19(15,16)7-1-3-17-4-2-7/h5,7H,1-4,6H2. The van der Waals surface area contributed by atoms with E-state index in [1.165, 1.54) is 11.3 Å². The van der Waals surface area contributed by atoms with Crippen LogP contribution in [0.1, 0.15) is 23.2 Å². The van der Waals surface area contributed by atoms with Gasteiger partial charge in [-0.05, 0) is 50.8 Å². The Hall–Kier alpha value is 0.240. The largest absolute Gasteiger partial charge is 0.381 e. The number of sulfone groups is 1. The highest BCUT2D eigenvalue weighted by molar-refractivity contribution is 9.12. The Morgan fingerprint density at radius 3 is 2.53 bits per heavy atom. The molecular formula is C11H12Br2O4S2. The highest BCUT2D eigenvalue weighted by atomic mass is 79.9. The van der Waals surface area contributed by atoms with Crippen molar-refractivity contribution in [1.29, 1.82) is 0 Å². The molecule has 1 aromatic heterocycles. The molecule has 2 heterocycles. The minimum Gasteiger partial charge on any atom is -0.381 e. The van der Waals surface area contributed by atoms with E-state index in [-0.39, 0.29) is 5.78 Å². The lowest BCUT2D eigenvalue weighted by Gasteiger charge is -2.21. The number of carbonyl (C=O) groups is 1. The molecule has 0 spiro atoms. The van der Waals surface area contributed by atoms with Crippen LogP contribution in [-0.4, -0.2) is 38.4 Å². The molecule has 1 aromatic rings. The highest BCUT2D eigenvalue weighted by Gasteiger charge is 2.30. The number of halogens is 2. The maximum absolute atomic E-state index is 12.2. The van der Waals surface area contributed by atoms with E-state index in [2.05, 4.69) is 31.9 Å². The van der Waals surface area contributed by atoms with Crippen molar-refractivity contribution < 1.29 is 17.9 Å². The van der Waals surface area contributed by atoms with Gasteiger partial charge in [0.05, 0.1) is 12.8 Å². The van der Waals surface area contributed by atoms with Gasteiger partial charge < -0.3 is 4.74 Å². The molecule has 0 N–H and O–H groups in total. The van der Waals surface area contributed by atoms with E-state index in [1.807, 2.05) is 0 Å². The molecular weight excluding hydrogens is 420 g/mol. The molecule has 0 bridgehead atoms. The molecule has 1 saturated heterocycles. The zero-order chi connectivity index (χ0) is 14.0. The first-order valence-corrected chi connectivity index (χ1v) is 9.79. The molecule has 4 nitrogen and oxygen atoms in total. The summed E-state index contributed by atoms with van der Waals surface area (Å²) in [5.41, 5.74) is 0.424. The van der Waals surface area contributed by atoms with E-state index in [9.17, 15) is 13.2 Å². The first kappa shape index (κ1) is 15.6. The molecule has 0 atom stereocenters. The fraction of sp³-hybridized carbons (Fsp3) is 0.545. The van der Waals surface area contributed by atoms with E-state index in [0.717, 1.165) is 3.79 Å². The molecule has 2 rings (SSSR count). The lowest BCUT2D eigenvalue weighted by molar-refractivity contribution is 0.0971. The summed E-state index contributed by atoms with van der Waals surface area (Å²) in [5.74, 6) is -0.792. The summed E-state index contributed by atoms with van der Waals surface area (Å²) in [6.45, 7) is 0.900. The van der Waals surface area contributed by atoms with Gasteiger partial charge in [0.1, 0.15) is 5.75 Å². The minimum absolute atomic E-state index is 0.361. The van der Waals surface area contributed by atoms with Gasteiger partial charge in [0.2, 0.25) is 0 Å². The zero-order valence-corrected chi connectivity index (χ0v) is 14.7. The minimum atomic E-state index is -3.40. The maximum Gasteiger partial charge on any atom is 0.179 e. The Balaban J connectivity index is 2.11. The second-order valence-electron chi connectivity index (χ2n) is 4.28. The van der Waals surface area contributed by atoms with Crippen LogP contribution in [-0.2, 0) is 14.6 Å². The number of hydrogen-bond donors (Lipinski definition) is 0. The normalized spacial score (nSPS) is 17.6. The first-order valence-electron chi connectivity index (χ1n) is 5.67. The molecule has 1 fully saturated rings. The van der Waals surface area contributed by atoms with Gasteiger partial charge in [-0.25, -0.2) is 8.42 Å². The smallest absolute Gasteiger partial charge is 0.179 e. The lowest BCUT2D eigenvalue weighted by Crippen LogP contribution is -2.33. The van der Waals surface area contributed by atoms with Gasteiger partial charge >= 0.3 is 0 Å². The molecule has 8 heteroatoms. The second kappa shape index (κ2) is 6.34. The molecule has 0 saturated carbocycles. The van der Waals surface area contributed by atoms with Crippen LogP contribution in [0.3, 0.4) is 0 Å². The van der Waals surface area contributed by atoms with Crippen LogP contribution >= 0.6 is 43.2 Å². The SMILES string of the molecule is O=C(CS(=O)(=O)C1CCOCC1)c1cc(Br)sc1Br. The topological polar surface area (TPSA) is 60.4 Å². The van der Waals surface area contributed by atoms with Gasteiger partial charge in [0.25, 0.3) is 0 Å². The number of carbonyl (C=O) groups excluding carboxylic acids is 1. The van der Waals surface area contributed by atoms with Crippen LogP contribution in [0.5, 0.6) is 0 Å². The third kappa shape index (κ3) is 3.87. The third-order valence-electron chi connectivity index (χ3n) is 2.97. The average molecular weight is 432 g/mol. The Kier molecular flexibility index (Phi) is 5.21. The number of thiophene rings is 1. The van der Waals surface area contributed by atoms with Crippen LogP contribution < -0.4 is 0 Å². The average Bonchev–Trinajstić information content (AvgIpc) is 2.69. The zero-order valence-electron chi connectivity index (χ0n) is 9.90. The van der Waals surface area contributed by atoms with Crippen molar-refractivity contribution in [3.8, 4) is 0 Å². The van der Waals surface area contributed by atoms with Crippen molar-refractivity contribution in [2.45, 2.75) is 18.1 Å². The van der Waals surface area contributed by atoms with Crippen molar-refractivity contribution >= 4 is 58.8 Å². The fourth-order valence-electron chi connectivity index (χ4n) is 1.94. The summed E-state index contributed by atoms with van der Waals surface area (Å²) >= 11 is 7.91. The molecule has 0 radical (unpaired) electrons. The Morgan fingerprint density at radius 1 is 1.37 bits per heavy atom. The van der Waals surface area contributed by atoms with Crippen molar-refractivity contribution in [2.24, 2.45) is 0 Å². The van der Waals surface area contributed by atoms with E-state index >= 15 is 0 Å². The number of Topliss-reactive ketones (excluding diaryl/α,β-unsaturated/α-hetero) is 1. The van der Waals surface area contributed by atoms with Gasteiger partial charge in [-0.3, -0.25) is 4.79 Å². The van der Waals surface area contributed by atoms with Crippen molar-refractivity contribution in [1.82, 2.24) is 0 Å². The van der Waals surface area contributed by atoms with Crippen molar-refractivity contribution in [3.05, 3.63) is 19.2 Å². The molecule has 0 aliphatic carbocycles. The van der Waals surface area contributed by atoms with Gasteiger partial charge in [0.15, 0.2) is 15.6 Å². The Morgan fingerprint density at radius 2 is 2.00 bits per heavy atom. The molecule has 1 aliphatic heterocycles. The van der Waals surface area contributed by atoms with Crippen LogP contribution in [0, 0.1) is 0 Å². The van der Waals surface area contributed by atoms with Gasteiger partial charge in [-0.15, -0.1) is 11.3 Å². The predicted molar refractivity (Wildman–Crippen MR) is 81.7 cm³/mol. The van der Waals surface area contributed by atoms with Gasteiger partial charge in [-0.1, -0.05) is 0 Å². The molecule has 19 heavy (non-hydrogen) atoms. The van der Waals surface area contributed by atoms with Crippen molar-refractivity contribution in [3.63, 3.8) is 0 Å². The van der Waals surface area contributed by atoms with E-state index < -0.39 is 20.8 Å². The summed E-state index contributed by atoms with van der Waals surface area (Å²) in [6, 6.07) is 1.65. The fourth-order valence-corrected chi connectivity index (χ4v) is 6.47. The van der Waals surface area contributed by atoms with Crippen LogP contribution in [0.25, 0.3) is 0 Å². The number of ether oxygens (including phenoxy) is 1. The monoisotopic (exact) mass is 430 g/mol. The van der Waals surface area contributed by atoms with Crippen molar-refractivity contribution in [2.75, 3.05) is 19.0 Å². The molecule has 1 aliphatic rings. The third-order valence-corrected chi connectivity index (χ3v) is 7.46. The van der Waals surface area contributed by atoms with Crippen LogP contribution in [0.4, 0.5) is 0 Å². The quantitative estimate of drug-likeness (QED) is 0.687. The molecule has 0 aromatic carbocycles. The first-order chi connectivity index (χ1) is 8.90. The maximum atomic E-state index is 12.2. The summed E-state index contributed by atoms with van der Waals surface area (Å²) in [7, 11) is -3.40. The van der Waals surface area contributed by atoms with E-state index in [4.69, 9.17) is 4.74 Å². The summed E-state index contributed by atoms with van der Waals surface area (Å²) in [5, 5.41) is -0.453. The lowest BCUT2D eigenvalue weighted by atomic mass is 10.2. The number of rotatable bonds is 4. The molecule has 0 amide bonds. The van der Waals surface area contributed by atoms with Gasteiger partial charge in [0, 0.05) is 18.8 Å².